The lowest BCUT2D eigenvalue weighted by molar-refractivity contribution is -0.122. The van der Waals surface area contributed by atoms with E-state index in [4.69, 9.17) is 4.99 Å². The Bertz CT molecular complexity index is 653. The van der Waals surface area contributed by atoms with Gasteiger partial charge in [-0.3, -0.25) is 14.7 Å². The zero-order chi connectivity index (χ0) is 20.5. The second-order valence-electron chi connectivity index (χ2n) is 7.92. The molecule has 2 fully saturated rings. The summed E-state index contributed by atoms with van der Waals surface area (Å²) >= 11 is 0. The third kappa shape index (κ3) is 6.92. The molecule has 1 aliphatic carbocycles. The summed E-state index contributed by atoms with van der Waals surface area (Å²) in [5.74, 6) is 1.28. The van der Waals surface area contributed by atoms with Gasteiger partial charge in [-0.2, -0.15) is 0 Å². The van der Waals surface area contributed by atoms with Crippen molar-refractivity contribution in [2.45, 2.75) is 32.7 Å². The molecule has 1 saturated carbocycles. The van der Waals surface area contributed by atoms with E-state index in [0.717, 1.165) is 58.1 Å². The van der Waals surface area contributed by atoms with E-state index in [-0.39, 0.29) is 11.8 Å². The second-order valence-corrected chi connectivity index (χ2v) is 7.92. The number of hydrogen-bond acceptors (Lipinski definition) is 4. The molecule has 1 aromatic rings. The van der Waals surface area contributed by atoms with E-state index in [2.05, 4.69) is 69.9 Å². The Hall–Kier alpha value is -2.28. The van der Waals surface area contributed by atoms with Crippen LogP contribution >= 0.6 is 0 Å². The minimum atomic E-state index is 0.192. The Labute approximate surface area is 174 Å². The molecule has 7 heteroatoms. The van der Waals surface area contributed by atoms with Gasteiger partial charge in [0, 0.05) is 63.5 Å². The van der Waals surface area contributed by atoms with Crippen LogP contribution in [0.25, 0.3) is 0 Å². The summed E-state index contributed by atoms with van der Waals surface area (Å²) in [5, 5.41) is 9.59. The molecule has 1 aliphatic heterocycles. The molecule has 0 bridgehead atoms. The molecular weight excluding hydrogens is 364 g/mol. The van der Waals surface area contributed by atoms with Crippen LogP contribution in [-0.4, -0.2) is 75.2 Å². The highest BCUT2D eigenvalue weighted by Gasteiger charge is 2.29. The van der Waals surface area contributed by atoms with Crippen molar-refractivity contribution in [1.29, 1.82) is 0 Å². The van der Waals surface area contributed by atoms with Crippen LogP contribution in [0.2, 0.25) is 0 Å². The zero-order valence-corrected chi connectivity index (χ0v) is 17.9. The van der Waals surface area contributed by atoms with Crippen molar-refractivity contribution in [2.24, 2.45) is 10.9 Å². The van der Waals surface area contributed by atoms with Crippen LogP contribution < -0.4 is 20.9 Å². The van der Waals surface area contributed by atoms with Gasteiger partial charge in [-0.1, -0.05) is 18.2 Å². The summed E-state index contributed by atoms with van der Waals surface area (Å²) in [6, 6.07) is 11.0. The number of guanidine groups is 1. The van der Waals surface area contributed by atoms with E-state index in [1.165, 1.54) is 5.69 Å². The van der Waals surface area contributed by atoms with Crippen LogP contribution in [-0.2, 0) is 4.79 Å². The number of rotatable bonds is 9. The van der Waals surface area contributed by atoms with Crippen LogP contribution in [0, 0.1) is 5.92 Å². The van der Waals surface area contributed by atoms with Gasteiger partial charge in [0.15, 0.2) is 5.96 Å². The molecule has 0 radical (unpaired) electrons. The summed E-state index contributed by atoms with van der Waals surface area (Å²) in [6.45, 7) is 11.4. The third-order valence-corrected chi connectivity index (χ3v) is 5.58. The lowest BCUT2D eigenvalue weighted by atomic mass is 10.2. The maximum absolute atomic E-state index is 11.7. The molecule has 2 aliphatic rings. The lowest BCUT2D eigenvalue weighted by Crippen LogP contribution is -2.50. The Kier molecular flexibility index (Phi) is 8.16. The number of hydrogen-bond donors (Lipinski definition) is 3. The molecule has 0 aromatic heterocycles. The minimum absolute atomic E-state index is 0.192. The number of aliphatic imine (C=N–C) groups is 1. The summed E-state index contributed by atoms with van der Waals surface area (Å²) < 4.78 is 0. The molecule has 1 atom stereocenters. The fraction of sp³-hybridized carbons (Fsp3) is 0.636. The Morgan fingerprint density at radius 3 is 2.41 bits per heavy atom. The summed E-state index contributed by atoms with van der Waals surface area (Å²) in [5.41, 5.74) is 1.31. The first kappa shape index (κ1) is 21.4. The average Bonchev–Trinajstić information content (AvgIpc) is 3.61. The van der Waals surface area contributed by atoms with Crippen LogP contribution in [0.5, 0.6) is 0 Å². The van der Waals surface area contributed by atoms with Gasteiger partial charge in [0.05, 0.1) is 6.54 Å². The monoisotopic (exact) mass is 400 g/mol. The molecule has 3 N–H and O–H groups in total. The van der Waals surface area contributed by atoms with Crippen molar-refractivity contribution in [3.05, 3.63) is 30.3 Å². The molecule has 3 rings (SSSR count). The number of anilines is 1. The predicted octanol–water partition coefficient (Wildman–Crippen LogP) is 1.28. The lowest BCUT2D eigenvalue weighted by Gasteiger charge is -2.38. The molecule has 1 amide bonds. The van der Waals surface area contributed by atoms with E-state index in [0.29, 0.717) is 19.1 Å². The van der Waals surface area contributed by atoms with Gasteiger partial charge >= 0.3 is 0 Å². The first-order chi connectivity index (χ1) is 14.2. The second kappa shape index (κ2) is 11.0. The first-order valence-corrected chi connectivity index (χ1v) is 11.0. The van der Waals surface area contributed by atoms with Crippen molar-refractivity contribution in [1.82, 2.24) is 20.9 Å². The fourth-order valence-corrected chi connectivity index (χ4v) is 3.60. The first-order valence-electron chi connectivity index (χ1n) is 11.0. The topological polar surface area (TPSA) is 72.0 Å². The number of nitrogens with zero attached hydrogens (tertiary/aromatic N) is 3. The molecule has 1 aromatic carbocycles. The molecule has 0 spiro atoms. The van der Waals surface area contributed by atoms with Crippen molar-refractivity contribution in [3.8, 4) is 0 Å². The highest BCUT2D eigenvalue weighted by molar-refractivity contribution is 5.81. The Morgan fingerprint density at radius 1 is 1.07 bits per heavy atom. The van der Waals surface area contributed by atoms with Crippen molar-refractivity contribution < 1.29 is 4.79 Å². The Balaban J connectivity index is 1.38. The number of para-hydroxylation sites is 1. The smallest absolute Gasteiger partial charge is 0.223 e. The van der Waals surface area contributed by atoms with Gasteiger partial charge in [0.1, 0.15) is 0 Å². The van der Waals surface area contributed by atoms with Gasteiger partial charge in [0.25, 0.3) is 0 Å². The quantitative estimate of drug-likeness (QED) is 0.331. The van der Waals surface area contributed by atoms with Crippen LogP contribution in [0.4, 0.5) is 5.69 Å². The molecule has 1 saturated heterocycles. The molecule has 29 heavy (non-hydrogen) atoms. The van der Waals surface area contributed by atoms with Gasteiger partial charge in [0.2, 0.25) is 5.91 Å². The molecular formula is C22H36N6O. The van der Waals surface area contributed by atoms with Crippen molar-refractivity contribution in [2.75, 3.05) is 57.3 Å². The molecule has 7 nitrogen and oxygen atoms in total. The summed E-state index contributed by atoms with van der Waals surface area (Å²) in [7, 11) is 0. The Morgan fingerprint density at radius 2 is 1.76 bits per heavy atom. The highest BCUT2D eigenvalue weighted by Crippen LogP contribution is 2.28. The molecule has 1 unspecified atom stereocenters. The third-order valence-electron chi connectivity index (χ3n) is 5.58. The van der Waals surface area contributed by atoms with E-state index in [1.54, 1.807) is 0 Å². The standard InChI is InChI=1S/C22H36N6O/c1-3-23-22(25-12-11-24-21(29)19-9-10-19)26-17-18(2)27-13-15-28(16-14-27)20-7-5-4-6-8-20/h4-8,18-19H,3,9-17H2,1-2H3,(H,24,29)(H2,23,25,26). The number of carbonyl (C=O) groups is 1. The van der Waals surface area contributed by atoms with E-state index in [1.807, 2.05) is 0 Å². The van der Waals surface area contributed by atoms with Crippen LogP contribution in [0.3, 0.4) is 0 Å². The van der Waals surface area contributed by atoms with Gasteiger partial charge in [-0.05, 0) is 38.8 Å². The highest BCUT2D eigenvalue weighted by atomic mass is 16.2. The maximum atomic E-state index is 11.7. The van der Waals surface area contributed by atoms with E-state index in [9.17, 15) is 4.79 Å². The van der Waals surface area contributed by atoms with Crippen molar-refractivity contribution in [3.63, 3.8) is 0 Å². The zero-order valence-electron chi connectivity index (χ0n) is 17.9. The van der Waals surface area contributed by atoms with Gasteiger partial charge in [-0.25, -0.2) is 0 Å². The van der Waals surface area contributed by atoms with E-state index >= 15 is 0 Å². The number of amides is 1. The molecule has 1 heterocycles. The van der Waals surface area contributed by atoms with E-state index < -0.39 is 0 Å². The molecule has 160 valence electrons. The fourth-order valence-electron chi connectivity index (χ4n) is 3.60. The summed E-state index contributed by atoms with van der Waals surface area (Å²) in [4.78, 5) is 21.4. The van der Waals surface area contributed by atoms with Crippen LogP contribution in [0.1, 0.15) is 26.7 Å². The number of piperazine rings is 1. The normalized spacial score (nSPS) is 19.0. The van der Waals surface area contributed by atoms with Crippen LogP contribution in [0.15, 0.2) is 35.3 Å². The van der Waals surface area contributed by atoms with Crippen molar-refractivity contribution >= 4 is 17.6 Å². The number of nitrogens with one attached hydrogen (secondary N) is 3. The summed E-state index contributed by atoms with van der Waals surface area (Å²) in [6.07, 6.45) is 2.09. The van der Waals surface area contributed by atoms with Gasteiger partial charge < -0.3 is 20.9 Å². The predicted molar refractivity (Wildman–Crippen MR) is 119 cm³/mol. The number of carbonyl (C=O) groups excluding carboxylic acids is 1. The average molecular weight is 401 g/mol. The number of benzene rings is 1. The van der Waals surface area contributed by atoms with Gasteiger partial charge in [-0.15, -0.1) is 0 Å². The minimum Gasteiger partial charge on any atom is -0.369 e. The SMILES string of the molecule is CCNC(=NCC(C)N1CCN(c2ccccc2)CC1)NCCNC(=O)C1CC1. The largest absolute Gasteiger partial charge is 0.369 e. The maximum Gasteiger partial charge on any atom is 0.223 e.